The van der Waals surface area contributed by atoms with Gasteiger partial charge in [0.05, 0.1) is 11.3 Å². The lowest BCUT2D eigenvalue weighted by atomic mass is 10.2. The zero-order chi connectivity index (χ0) is 14.0. The summed E-state index contributed by atoms with van der Waals surface area (Å²) in [7, 11) is 0. The quantitative estimate of drug-likeness (QED) is 0.788. The van der Waals surface area contributed by atoms with Crippen LogP contribution in [-0.4, -0.2) is 41.9 Å². The Labute approximate surface area is 111 Å². The minimum Gasteiger partial charge on any atom is -0.480 e. The monoisotopic (exact) mass is 280 g/mol. The summed E-state index contributed by atoms with van der Waals surface area (Å²) in [6, 6.07) is 5.82. The Hall–Kier alpha value is -2.55. The Balaban J connectivity index is 2.37. The molecular formula is C10H8N4O4S. The lowest BCUT2D eigenvalue weighted by Crippen LogP contribution is -2.10. The smallest absolute Gasteiger partial charge is 0.335 e. The normalized spacial score (nSPS) is 10.3. The predicted octanol–water partition coefficient (Wildman–Crippen LogP) is 0.581. The van der Waals surface area contributed by atoms with E-state index >= 15 is 0 Å². The Morgan fingerprint density at radius 3 is 2.32 bits per heavy atom. The maximum atomic E-state index is 10.7. The van der Waals surface area contributed by atoms with Crippen LogP contribution in [0.5, 0.6) is 0 Å². The van der Waals surface area contributed by atoms with Crippen LogP contribution in [0.1, 0.15) is 10.4 Å². The summed E-state index contributed by atoms with van der Waals surface area (Å²) in [5, 5.41) is 24.8. The van der Waals surface area contributed by atoms with Crippen molar-refractivity contribution >= 4 is 24.2 Å². The summed E-state index contributed by atoms with van der Waals surface area (Å²) in [4.78, 5) is 21.3. The van der Waals surface area contributed by atoms with Crippen molar-refractivity contribution in [1.82, 2.24) is 19.8 Å². The summed E-state index contributed by atoms with van der Waals surface area (Å²) in [5.41, 5.74) is 0.639. The van der Waals surface area contributed by atoms with Gasteiger partial charge in [-0.05, 0) is 46.9 Å². The van der Waals surface area contributed by atoms with E-state index in [4.69, 9.17) is 22.4 Å². The second kappa shape index (κ2) is 4.98. The highest BCUT2D eigenvalue weighted by atomic mass is 32.1. The van der Waals surface area contributed by atoms with Crippen LogP contribution >= 0.6 is 12.2 Å². The van der Waals surface area contributed by atoms with Crippen molar-refractivity contribution in [2.45, 2.75) is 6.54 Å². The molecule has 0 aliphatic heterocycles. The van der Waals surface area contributed by atoms with Crippen molar-refractivity contribution in [1.29, 1.82) is 0 Å². The molecule has 8 nitrogen and oxygen atoms in total. The average molecular weight is 280 g/mol. The first-order valence-corrected chi connectivity index (χ1v) is 5.48. The Morgan fingerprint density at radius 1 is 1.16 bits per heavy atom. The summed E-state index contributed by atoms with van der Waals surface area (Å²) in [5.74, 6) is -2.12. The minimum atomic E-state index is -1.08. The molecule has 0 unspecified atom stereocenters. The van der Waals surface area contributed by atoms with Crippen LogP contribution in [0.3, 0.4) is 0 Å². The first-order chi connectivity index (χ1) is 8.99. The summed E-state index contributed by atoms with van der Waals surface area (Å²) >= 11 is 5.03. The van der Waals surface area contributed by atoms with Crippen molar-refractivity contribution in [3.05, 3.63) is 34.6 Å². The van der Waals surface area contributed by atoms with Gasteiger partial charge in [-0.3, -0.25) is 4.79 Å². The molecule has 98 valence electrons. The van der Waals surface area contributed by atoms with Crippen LogP contribution in [0, 0.1) is 4.77 Å². The Kier molecular flexibility index (Phi) is 3.38. The average Bonchev–Trinajstić information content (AvgIpc) is 2.70. The molecule has 0 aliphatic rings. The van der Waals surface area contributed by atoms with E-state index < -0.39 is 11.9 Å². The standard InChI is InChI=1S/C10H8N4O4S/c15-8(16)5-13-10(19)14(12-11-13)7-3-1-6(2-4-7)9(17)18/h1-4H,5H2,(H,15,16)(H,17,18). The number of aromatic carboxylic acids is 1. The zero-order valence-electron chi connectivity index (χ0n) is 9.42. The number of aromatic nitrogens is 4. The second-order valence-electron chi connectivity index (χ2n) is 3.58. The molecule has 2 N–H and O–H groups in total. The number of tetrazole rings is 1. The molecule has 0 aliphatic carbocycles. The van der Waals surface area contributed by atoms with Gasteiger partial charge in [0.15, 0.2) is 0 Å². The molecule has 0 atom stereocenters. The van der Waals surface area contributed by atoms with Gasteiger partial charge < -0.3 is 10.2 Å². The molecule has 0 amide bonds. The molecule has 0 saturated heterocycles. The van der Waals surface area contributed by atoms with Crippen molar-refractivity contribution in [3.8, 4) is 5.69 Å². The fraction of sp³-hybridized carbons (Fsp3) is 0.100. The summed E-state index contributed by atoms with van der Waals surface area (Å²) in [6.07, 6.45) is 0. The van der Waals surface area contributed by atoms with Gasteiger partial charge in [0.1, 0.15) is 6.54 Å². The highest BCUT2D eigenvalue weighted by Gasteiger charge is 2.09. The third-order valence-electron chi connectivity index (χ3n) is 2.28. The molecule has 9 heteroatoms. The van der Waals surface area contributed by atoms with Crippen molar-refractivity contribution in [2.24, 2.45) is 0 Å². The van der Waals surface area contributed by atoms with Crippen molar-refractivity contribution in [3.63, 3.8) is 0 Å². The molecule has 1 heterocycles. The van der Waals surface area contributed by atoms with E-state index in [1.807, 2.05) is 0 Å². The number of hydrogen-bond acceptors (Lipinski definition) is 5. The van der Waals surface area contributed by atoms with Crippen LogP contribution in [0.2, 0.25) is 0 Å². The second-order valence-corrected chi connectivity index (χ2v) is 3.94. The number of benzene rings is 1. The molecule has 0 saturated carbocycles. The van der Waals surface area contributed by atoms with E-state index in [1.54, 1.807) is 0 Å². The van der Waals surface area contributed by atoms with Crippen molar-refractivity contribution < 1.29 is 19.8 Å². The van der Waals surface area contributed by atoms with Gasteiger partial charge in [0.2, 0.25) is 4.77 Å². The fourth-order valence-electron chi connectivity index (χ4n) is 1.41. The van der Waals surface area contributed by atoms with Crippen LogP contribution in [0.25, 0.3) is 5.69 Å². The highest BCUT2D eigenvalue weighted by Crippen LogP contribution is 2.09. The largest absolute Gasteiger partial charge is 0.480 e. The molecule has 19 heavy (non-hydrogen) atoms. The highest BCUT2D eigenvalue weighted by molar-refractivity contribution is 7.71. The maximum Gasteiger partial charge on any atom is 0.335 e. The number of carbonyl (C=O) groups is 2. The zero-order valence-corrected chi connectivity index (χ0v) is 10.2. The van der Waals surface area contributed by atoms with Gasteiger partial charge in [-0.25, -0.2) is 9.48 Å². The van der Waals surface area contributed by atoms with Crippen LogP contribution in [0.15, 0.2) is 24.3 Å². The van der Waals surface area contributed by atoms with E-state index in [0.29, 0.717) is 5.69 Å². The lowest BCUT2D eigenvalue weighted by molar-refractivity contribution is -0.137. The van der Waals surface area contributed by atoms with Crippen LogP contribution in [-0.2, 0) is 11.3 Å². The molecule has 1 aromatic carbocycles. The first-order valence-electron chi connectivity index (χ1n) is 5.07. The summed E-state index contributed by atoms with van der Waals surface area (Å²) < 4.78 is 2.43. The molecule has 0 fully saturated rings. The topological polar surface area (TPSA) is 110 Å². The van der Waals surface area contributed by atoms with E-state index in [9.17, 15) is 9.59 Å². The molecule has 1 aromatic heterocycles. The minimum absolute atomic E-state index is 0.116. The van der Waals surface area contributed by atoms with Gasteiger partial charge in [0, 0.05) is 0 Å². The van der Waals surface area contributed by atoms with Gasteiger partial charge in [-0.2, -0.15) is 4.68 Å². The number of aliphatic carboxylic acids is 1. The van der Waals surface area contributed by atoms with Gasteiger partial charge in [0.25, 0.3) is 0 Å². The lowest BCUT2D eigenvalue weighted by Gasteiger charge is -2.00. The van der Waals surface area contributed by atoms with Gasteiger partial charge in [-0.15, -0.1) is 0 Å². The van der Waals surface area contributed by atoms with E-state index in [2.05, 4.69) is 10.4 Å². The van der Waals surface area contributed by atoms with E-state index in [1.165, 1.54) is 28.9 Å². The number of nitrogens with zero attached hydrogens (tertiary/aromatic N) is 4. The maximum absolute atomic E-state index is 10.7. The first kappa shape index (κ1) is 12.9. The molecule has 2 rings (SSSR count). The SMILES string of the molecule is O=C(O)Cn1nnn(-c2ccc(C(=O)O)cc2)c1=S. The predicted molar refractivity (Wildman–Crippen MR) is 64.8 cm³/mol. The molecule has 0 radical (unpaired) electrons. The molecule has 0 spiro atoms. The molecule has 0 bridgehead atoms. The Bertz CT molecular complexity index is 688. The summed E-state index contributed by atoms with van der Waals surface area (Å²) in [6.45, 7) is -0.383. The number of rotatable bonds is 4. The Morgan fingerprint density at radius 2 is 1.79 bits per heavy atom. The third-order valence-corrected chi connectivity index (χ3v) is 2.67. The number of carboxylic acids is 2. The van der Waals surface area contributed by atoms with E-state index in [0.717, 1.165) is 4.68 Å². The number of hydrogen-bond donors (Lipinski definition) is 2. The number of carboxylic acid groups (broad SMARTS) is 2. The van der Waals surface area contributed by atoms with Gasteiger partial charge >= 0.3 is 11.9 Å². The van der Waals surface area contributed by atoms with E-state index in [-0.39, 0.29) is 16.9 Å². The van der Waals surface area contributed by atoms with Crippen LogP contribution in [0.4, 0.5) is 0 Å². The molecular weight excluding hydrogens is 272 g/mol. The van der Waals surface area contributed by atoms with Crippen molar-refractivity contribution in [2.75, 3.05) is 0 Å². The fourth-order valence-corrected chi connectivity index (χ4v) is 1.65. The molecule has 2 aromatic rings. The van der Waals surface area contributed by atoms with Gasteiger partial charge in [-0.1, -0.05) is 0 Å². The third kappa shape index (κ3) is 2.65. The van der Waals surface area contributed by atoms with Crippen LogP contribution < -0.4 is 0 Å².